The Balaban J connectivity index is 2.14. The van der Waals surface area contributed by atoms with Crippen LogP contribution in [0, 0.1) is 5.92 Å². The molecule has 2 fully saturated rings. The van der Waals surface area contributed by atoms with Crippen LogP contribution >= 0.6 is 0 Å². The number of nitrogens with zero attached hydrogens (tertiary/aromatic N) is 1. The lowest BCUT2D eigenvalue weighted by Gasteiger charge is -2.45. The predicted molar refractivity (Wildman–Crippen MR) is 73.8 cm³/mol. The monoisotopic (exact) mass is 269 g/mol. The second-order valence-corrected chi connectivity index (χ2v) is 6.16. The van der Waals surface area contributed by atoms with Gasteiger partial charge in [-0.05, 0) is 46.1 Å². The van der Waals surface area contributed by atoms with Crippen molar-refractivity contribution in [2.24, 2.45) is 5.92 Å². The molecule has 4 nitrogen and oxygen atoms in total. The second kappa shape index (κ2) is 5.80. The SMILES string of the molecule is CCCC(C(=O)OCC)C1(O)CC2CCC(C1)N2C. The number of fused-ring (bicyclic) bond motifs is 2. The maximum Gasteiger partial charge on any atom is 0.311 e. The van der Waals surface area contributed by atoms with Crippen LogP contribution in [0.25, 0.3) is 0 Å². The van der Waals surface area contributed by atoms with Gasteiger partial charge >= 0.3 is 5.97 Å². The molecule has 0 radical (unpaired) electrons. The summed E-state index contributed by atoms with van der Waals surface area (Å²) in [6.07, 6.45) is 5.33. The predicted octanol–water partition coefficient (Wildman–Crippen LogP) is 1.95. The van der Waals surface area contributed by atoms with E-state index < -0.39 is 5.60 Å². The van der Waals surface area contributed by atoms with Gasteiger partial charge in [0.1, 0.15) is 0 Å². The zero-order valence-electron chi connectivity index (χ0n) is 12.4. The van der Waals surface area contributed by atoms with Crippen LogP contribution in [0.15, 0.2) is 0 Å². The van der Waals surface area contributed by atoms with E-state index in [4.69, 9.17) is 4.74 Å². The average Bonchev–Trinajstić information content (AvgIpc) is 2.60. The van der Waals surface area contributed by atoms with E-state index in [2.05, 4.69) is 18.9 Å². The summed E-state index contributed by atoms with van der Waals surface area (Å²) in [4.78, 5) is 14.5. The lowest BCUT2D eigenvalue weighted by Crippen LogP contribution is -2.54. The van der Waals surface area contributed by atoms with Gasteiger partial charge in [-0.2, -0.15) is 0 Å². The maximum absolute atomic E-state index is 12.2. The first kappa shape index (κ1) is 14.8. The Labute approximate surface area is 116 Å². The Morgan fingerprint density at radius 1 is 1.37 bits per heavy atom. The Bertz CT molecular complexity index is 317. The Hall–Kier alpha value is -0.610. The van der Waals surface area contributed by atoms with Gasteiger partial charge in [0.25, 0.3) is 0 Å². The molecule has 4 heteroatoms. The fraction of sp³-hybridized carbons (Fsp3) is 0.933. The summed E-state index contributed by atoms with van der Waals surface area (Å²) in [6.45, 7) is 4.27. The summed E-state index contributed by atoms with van der Waals surface area (Å²) >= 11 is 0. The molecule has 3 atom stereocenters. The standard InChI is InChI=1S/C15H27NO3/c1-4-6-13(14(17)19-5-2)15(18)9-11-7-8-12(10-15)16(11)3/h11-13,18H,4-10H2,1-3H3. The number of carbonyl (C=O) groups is 1. The molecule has 3 unspecified atom stereocenters. The van der Waals surface area contributed by atoms with Crippen LogP contribution in [0.2, 0.25) is 0 Å². The fourth-order valence-electron chi connectivity index (χ4n) is 3.90. The molecule has 19 heavy (non-hydrogen) atoms. The topological polar surface area (TPSA) is 49.8 Å². The van der Waals surface area contributed by atoms with Crippen molar-refractivity contribution in [3.63, 3.8) is 0 Å². The molecule has 2 rings (SSSR count). The van der Waals surface area contributed by atoms with Crippen molar-refractivity contribution in [2.75, 3.05) is 13.7 Å². The second-order valence-electron chi connectivity index (χ2n) is 6.16. The van der Waals surface area contributed by atoms with Gasteiger partial charge in [0.15, 0.2) is 0 Å². The molecule has 0 spiro atoms. The molecular weight excluding hydrogens is 242 g/mol. The minimum atomic E-state index is -0.861. The van der Waals surface area contributed by atoms with E-state index in [9.17, 15) is 9.90 Å². The molecule has 110 valence electrons. The number of carbonyl (C=O) groups excluding carboxylic acids is 1. The largest absolute Gasteiger partial charge is 0.466 e. The number of esters is 1. The van der Waals surface area contributed by atoms with Crippen molar-refractivity contribution in [3.05, 3.63) is 0 Å². The highest BCUT2D eigenvalue weighted by molar-refractivity contribution is 5.74. The molecule has 2 bridgehead atoms. The van der Waals surface area contributed by atoms with E-state index in [1.165, 1.54) is 0 Å². The summed E-state index contributed by atoms with van der Waals surface area (Å²) in [5.74, 6) is -0.565. The quantitative estimate of drug-likeness (QED) is 0.775. The molecular formula is C15H27NO3. The third kappa shape index (κ3) is 2.79. The van der Waals surface area contributed by atoms with Crippen molar-refractivity contribution in [1.82, 2.24) is 4.90 Å². The molecule has 2 heterocycles. The first-order valence-electron chi connectivity index (χ1n) is 7.62. The number of hydrogen-bond acceptors (Lipinski definition) is 4. The molecule has 0 amide bonds. The van der Waals surface area contributed by atoms with Crippen LogP contribution in [-0.2, 0) is 9.53 Å². The Morgan fingerprint density at radius 2 is 1.95 bits per heavy atom. The van der Waals surface area contributed by atoms with Gasteiger partial charge in [0, 0.05) is 12.1 Å². The third-order valence-electron chi connectivity index (χ3n) is 4.96. The third-order valence-corrected chi connectivity index (χ3v) is 4.96. The van der Waals surface area contributed by atoms with Crippen molar-refractivity contribution in [1.29, 1.82) is 0 Å². The molecule has 0 aromatic heterocycles. The minimum Gasteiger partial charge on any atom is -0.466 e. The highest BCUT2D eigenvalue weighted by atomic mass is 16.5. The van der Waals surface area contributed by atoms with Gasteiger partial charge in [-0.1, -0.05) is 13.3 Å². The molecule has 0 aromatic carbocycles. The molecule has 0 aliphatic carbocycles. The van der Waals surface area contributed by atoms with E-state index in [0.29, 0.717) is 31.5 Å². The van der Waals surface area contributed by atoms with Gasteiger partial charge in [-0.25, -0.2) is 0 Å². The van der Waals surface area contributed by atoms with E-state index in [0.717, 1.165) is 25.7 Å². The summed E-state index contributed by atoms with van der Waals surface area (Å²) in [7, 11) is 2.14. The molecule has 2 aliphatic rings. The van der Waals surface area contributed by atoms with Crippen LogP contribution in [0.4, 0.5) is 0 Å². The van der Waals surface area contributed by atoms with Gasteiger partial charge in [0.2, 0.25) is 0 Å². The van der Waals surface area contributed by atoms with Gasteiger partial charge < -0.3 is 14.7 Å². The number of piperidine rings is 1. The lowest BCUT2D eigenvalue weighted by molar-refractivity contribution is -0.165. The number of aliphatic hydroxyl groups is 1. The van der Waals surface area contributed by atoms with Crippen LogP contribution in [0.5, 0.6) is 0 Å². The maximum atomic E-state index is 12.2. The summed E-state index contributed by atoms with van der Waals surface area (Å²) < 4.78 is 5.18. The highest BCUT2D eigenvalue weighted by Crippen LogP contribution is 2.44. The minimum absolute atomic E-state index is 0.212. The van der Waals surface area contributed by atoms with E-state index in [1.807, 2.05) is 6.92 Å². The summed E-state index contributed by atoms with van der Waals surface area (Å²) in [5.41, 5.74) is -0.861. The molecule has 1 N–H and O–H groups in total. The molecule has 2 aliphatic heterocycles. The van der Waals surface area contributed by atoms with E-state index in [-0.39, 0.29) is 11.9 Å². The Kier molecular flexibility index (Phi) is 4.51. The first-order chi connectivity index (χ1) is 9.01. The highest BCUT2D eigenvalue weighted by Gasteiger charge is 2.51. The van der Waals surface area contributed by atoms with Gasteiger partial charge in [-0.15, -0.1) is 0 Å². The van der Waals surface area contributed by atoms with Crippen molar-refractivity contribution in [3.8, 4) is 0 Å². The number of hydrogen-bond donors (Lipinski definition) is 1. The number of rotatable bonds is 5. The summed E-state index contributed by atoms with van der Waals surface area (Å²) in [5, 5.41) is 11.0. The molecule has 0 saturated carbocycles. The van der Waals surface area contributed by atoms with Crippen LogP contribution in [-0.4, -0.2) is 47.3 Å². The zero-order chi connectivity index (χ0) is 14.0. The fourth-order valence-corrected chi connectivity index (χ4v) is 3.90. The summed E-state index contributed by atoms with van der Waals surface area (Å²) in [6, 6.07) is 0.857. The van der Waals surface area contributed by atoms with Crippen LogP contribution in [0.3, 0.4) is 0 Å². The van der Waals surface area contributed by atoms with Crippen molar-refractivity contribution in [2.45, 2.75) is 70.1 Å². The zero-order valence-corrected chi connectivity index (χ0v) is 12.4. The lowest BCUT2D eigenvalue weighted by atomic mass is 9.74. The van der Waals surface area contributed by atoms with Crippen LogP contribution in [0.1, 0.15) is 52.4 Å². The average molecular weight is 269 g/mol. The molecule has 2 saturated heterocycles. The first-order valence-corrected chi connectivity index (χ1v) is 7.62. The normalized spacial score (nSPS) is 36.2. The van der Waals surface area contributed by atoms with Crippen molar-refractivity contribution < 1.29 is 14.6 Å². The number of ether oxygens (including phenoxy) is 1. The van der Waals surface area contributed by atoms with Gasteiger partial charge in [-0.3, -0.25) is 4.79 Å². The van der Waals surface area contributed by atoms with Crippen molar-refractivity contribution >= 4 is 5.97 Å². The smallest absolute Gasteiger partial charge is 0.311 e. The molecule has 0 aromatic rings. The van der Waals surface area contributed by atoms with Crippen LogP contribution < -0.4 is 0 Å². The van der Waals surface area contributed by atoms with Gasteiger partial charge in [0.05, 0.1) is 18.1 Å². The Morgan fingerprint density at radius 3 is 2.42 bits per heavy atom. The van der Waals surface area contributed by atoms with E-state index >= 15 is 0 Å². The van der Waals surface area contributed by atoms with E-state index in [1.54, 1.807) is 0 Å².